The van der Waals surface area contributed by atoms with Crippen molar-refractivity contribution < 1.29 is 4.42 Å². The molecule has 0 amide bonds. The molecular weight excluding hydrogens is 366 g/mol. The average molecular weight is 383 g/mol. The van der Waals surface area contributed by atoms with Gasteiger partial charge in [0.15, 0.2) is 5.58 Å². The first-order valence-corrected chi connectivity index (χ1v) is 9.20. The van der Waals surface area contributed by atoms with Crippen LogP contribution in [0.2, 0.25) is 0 Å². The van der Waals surface area contributed by atoms with Gasteiger partial charge in [-0.3, -0.25) is 14.9 Å². The number of H-pyrrole nitrogens is 1. The number of pyridine rings is 2. The first kappa shape index (κ1) is 17.1. The summed E-state index contributed by atoms with van der Waals surface area (Å²) < 4.78 is 5.69. The number of fused-ring (bicyclic) bond motifs is 2. The summed E-state index contributed by atoms with van der Waals surface area (Å²) in [6.45, 7) is 2.03. The Labute approximate surface area is 165 Å². The molecule has 7 nitrogen and oxygen atoms in total. The Morgan fingerprint density at radius 2 is 1.97 bits per heavy atom. The smallest absolute Gasteiger partial charge is 0.200 e. The standard InChI is InChI=1S/C22H17N5O2/c1-13(14-4-6-23-7-5-14)26-21-9-17-20(11-24-21)29-12-18(22(17)28)15-2-3-16-10-25-27-19(16)8-15/h2-13H,1H3,(H,24,26)(H,25,27)/t13-/m0/s1. The van der Waals surface area contributed by atoms with Gasteiger partial charge in [0.1, 0.15) is 12.1 Å². The summed E-state index contributed by atoms with van der Waals surface area (Å²) in [5.74, 6) is 0.607. The molecule has 4 heterocycles. The third kappa shape index (κ3) is 3.12. The van der Waals surface area contributed by atoms with Crippen LogP contribution < -0.4 is 10.7 Å². The second-order valence-corrected chi connectivity index (χ2v) is 6.86. The molecule has 0 unspecified atom stereocenters. The number of hydrogen-bond donors (Lipinski definition) is 2. The second kappa shape index (κ2) is 6.87. The highest BCUT2D eigenvalue weighted by molar-refractivity contribution is 5.87. The maximum absolute atomic E-state index is 13.2. The van der Waals surface area contributed by atoms with Gasteiger partial charge in [-0.1, -0.05) is 12.1 Å². The molecule has 2 N–H and O–H groups in total. The molecule has 5 aromatic rings. The van der Waals surface area contributed by atoms with E-state index >= 15 is 0 Å². The molecular formula is C22H17N5O2. The molecule has 1 atom stereocenters. The molecule has 0 saturated heterocycles. The van der Waals surface area contributed by atoms with E-state index in [-0.39, 0.29) is 11.5 Å². The lowest BCUT2D eigenvalue weighted by molar-refractivity contribution is 0.603. The summed E-state index contributed by atoms with van der Waals surface area (Å²) >= 11 is 0. The van der Waals surface area contributed by atoms with Crippen molar-refractivity contribution >= 4 is 27.7 Å². The number of aromatic amines is 1. The predicted molar refractivity (Wildman–Crippen MR) is 112 cm³/mol. The summed E-state index contributed by atoms with van der Waals surface area (Å²) in [5.41, 5.74) is 3.55. The Morgan fingerprint density at radius 3 is 2.83 bits per heavy atom. The number of nitrogens with zero attached hydrogens (tertiary/aromatic N) is 3. The minimum absolute atomic E-state index is 0.0148. The van der Waals surface area contributed by atoms with Crippen molar-refractivity contribution in [1.82, 2.24) is 20.2 Å². The van der Waals surface area contributed by atoms with Crippen LogP contribution in [0, 0.1) is 0 Å². The zero-order valence-corrected chi connectivity index (χ0v) is 15.6. The lowest BCUT2D eigenvalue weighted by Crippen LogP contribution is -2.10. The van der Waals surface area contributed by atoms with Gasteiger partial charge >= 0.3 is 0 Å². The fourth-order valence-electron chi connectivity index (χ4n) is 3.38. The third-order valence-corrected chi connectivity index (χ3v) is 4.98. The van der Waals surface area contributed by atoms with Gasteiger partial charge in [-0.15, -0.1) is 0 Å². The topological polar surface area (TPSA) is 96.7 Å². The van der Waals surface area contributed by atoms with Crippen molar-refractivity contribution in [3.63, 3.8) is 0 Å². The molecule has 0 fully saturated rings. The van der Waals surface area contributed by atoms with Crippen LogP contribution in [0.3, 0.4) is 0 Å². The van der Waals surface area contributed by atoms with E-state index in [1.807, 2.05) is 37.3 Å². The van der Waals surface area contributed by atoms with Gasteiger partial charge in [-0.2, -0.15) is 5.10 Å². The van der Waals surface area contributed by atoms with Crippen LogP contribution in [0.25, 0.3) is 33.0 Å². The van der Waals surface area contributed by atoms with Gasteiger partial charge in [0.2, 0.25) is 5.43 Å². The molecule has 1 aromatic carbocycles. The fraction of sp³-hybridized carbons (Fsp3) is 0.0909. The molecule has 29 heavy (non-hydrogen) atoms. The molecule has 7 heteroatoms. The van der Waals surface area contributed by atoms with Crippen LogP contribution in [0.5, 0.6) is 0 Å². The first-order valence-electron chi connectivity index (χ1n) is 9.20. The normalized spacial score (nSPS) is 12.3. The second-order valence-electron chi connectivity index (χ2n) is 6.86. The number of rotatable bonds is 4. The summed E-state index contributed by atoms with van der Waals surface area (Å²) in [6.07, 6.45) is 8.30. The molecule has 0 saturated carbocycles. The van der Waals surface area contributed by atoms with Crippen molar-refractivity contribution in [2.24, 2.45) is 0 Å². The Balaban J connectivity index is 1.54. The molecule has 0 aliphatic rings. The number of hydrogen-bond acceptors (Lipinski definition) is 6. The quantitative estimate of drug-likeness (QED) is 0.480. The van der Waals surface area contributed by atoms with Gasteiger partial charge < -0.3 is 9.73 Å². The Morgan fingerprint density at radius 1 is 1.10 bits per heavy atom. The van der Waals surface area contributed by atoms with Crippen molar-refractivity contribution in [2.45, 2.75) is 13.0 Å². The highest BCUT2D eigenvalue weighted by Gasteiger charge is 2.13. The van der Waals surface area contributed by atoms with Crippen LogP contribution in [-0.2, 0) is 0 Å². The van der Waals surface area contributed by atoms with Crippen molar-refractivity contribution in [3.05, 3.63) is 83.2 Å². The summed E-state index contributed by atoms with van der Waals surface area (Å²) in [6, 6.07) is 11.3. The van der Waals surface area contributed by atoms with Gasteiger partial charge in [-0.25, -0.2) is 4.98 Å². The van der Waals surface area contributed by atoms with Gasteiger partial charge in [-0.05, 0) is 42.3 Å². The molecule has 0 aliphatic carbocycles. The molecule has 0 spiro atoms. The molecule has 142 valence electrons. The molecule has 4 aromatic heterocycles. The summed E-state index contributed by atoms with van der Waals surface area (Å²) in [4.78, 5) is 21.6. The van der Waals surface area contributed by atoms with E-state index in [9.17, 15) is 4.79 Å². The van der Waals surface area contributed by atoms with Crippen molar-refractivity contribution in [2.75, 3.05) is 5.32 Å². The first-order chi connectivity index (χ1) is 14.2. The SMILES string of the molecule is C[C@H](Nc1cc2c(=O)c(-c3ccc4cn[nH]c4c3)coc2cn1)c1ccncc1. The van der Waals surface area contributed by atoms with Crippen molar-refractivity contribution in [3.8, 4) is 11.1 Å². The van der Waals surface area contributed by atoms with E-state index in [0.29, 0.717) is 22.4 Å². The van der Waals surface area contributed by atoms with Crippen LogP contribution in [-0.4, -0.2) is 20.2 Å². The van der Waals surface area contributed by atoms with Crippen LogP contribution in [0.4, 0.5) is 5.82 Å². The number of anilines is 1. The molecule has 0 aliphatic heterocycles. The lowest BCUT2D eigenvalue weighted by Gasteiger charge is -2.14. The Hall–Kier alpha value is -4.00. The van der Waals surface area contributed by atoms with Gasteiger partial charge in [0.05, 0.1) is 34.9 Å². The van der Waals surface area contributed by atoms with E-state index < -0.39 is 0 Å². The van der Waals surface area contributed by atoms with Gasteiger partial charge in [0.25, 0.3) is 0 Å². The summed E-state index contributed by atoms with van der Waals surface area (Å²) in [5, 5.41) is 11.7. The predicted octanol–water partition coefficient (Wildman–Crippen LogP) is 4.30. The fourth-order valence-corrected chi connectivity index (χ4v) is 3.38. The average Bonchev–Trinajstić information content (AvgIpc) is 3.23. The lowest BCUT2D eigenvalue weighted by atomic mass is 10.0. The molecule has 0 bridgehead atoms. The highest BCUT2D eigenvalue weighted by Crippen LogP contribution is 2.25. The maximum Gasteiger partial charge on any atom is 0.200 e. The monoisotopic (exact) mass is 383 g/mol. The highest BCUT2D eigenvalue weighted by atomic mass is 16.3. The minimum Gasteiger partial charge on any atom is -0.462 e. The van der Waals surface area contributed by atoms with E-state index in [1.165, 1.54) is 6.26 Å². The van der Waals surface area contributed by atoms with Crippen molar-refractivity contribution in [1.29, 1.82) is 0 Å². The number of aromatic nitrogens is 4. The number of nitrogens with one attached hydrogen (secondary N) is 2. The zero-order valence-electron chi connectivity index (χ0n) is 15.6. The van der Waals surface area contributed by atoms with Crippen LogP contribution >= 0.6 is 0 Å². The van der Waals surface area contributed by atoms with E-state index in [4.69, 9.17) is 4.42 Å². The maximum atomic E-state index is 13.2. The van der Waals surface area contributed by atoms with Gasteiger partial charge in [0, 0.05) is 17.8 Å². The Kier molecular flexibility index (Phi) is 4.05. The zero-order chi connectivity index (χ0) is 19.8. The Bertz CT molecular complexity index is 1370. The summed E-state index contributed by atoms with van der Waals surface area (Å²) in [7, 11) is 0. The molecule has 0 radical (unpaired) electrons. The van der Waals surface area contributed by atoms with E-state index in [1.54, 1.807) is 30.9 Å². The van der Waals surface area contributed by atoms with E-state index in [0.717, 1.165) is 22.0 Å². The van der Waals surface area contributed by atoms with Crippen LogP contribution in [0.15, 0.2) is 76.7 Å². The molecule has 5 rings (SSSR count). The largest absolute Gasteiger partial charge is 0.462 e. The third-order valence-electron chi connectivity index (χ3n) is 4.98. The minimum atomic E-state index is -0.105. The van der Waals surface area contributed by atoms with Crippen LogP contribution in [0.1, 0.15) is 18.5 Å². The number of benzene rings is 1. The van der Waals surface area contributed by atoms with E-state index in [2.05, 4.69) is 25.5 Å².